The molecule has 144 valence electrons. The summed E-state index contributed by atoms with van der Waals surface area (Å²) in [6.45, 7) is 2.27. The van der Waals surface area contributed by atoms with Gasteiger partial charge in [0.1, 0.15) is 0 Å². The third-order valence-corrected chi connectivity index (χ3v) is 4.65. The molecule has 3 heteroatoms. The molecular weight excluding hydrogens is 362 g/mol. The molecule has 1 N–H and O–H groups in total. The number of allylic oxidation sites excluding steroid dienone is 2. The van der Waals surface area contributed by atoms with E-state index in [4.69, 9.17) is 5.11 Å². The van der Waals surface area contributed by atoms with Gasteiger partial charge in [-0.1, -0.05) is 96.1 Å². The Morgan fingerprint density at radius 3 is 1.40 bits per heavy atom. The molecule has 0 saturated carbocycles. The number of unbranched alkanes of at least 4 members (excludes halogenated alkanes) is 15. The van der Waals surface area contributed by atoms with Gasteiger partial charge in [0, 0.05) is 25.9 Å². The average Bonchev–Trinajstić information content (AvgIpc) is 2.56. The zero-order valence-electron chi connectivity index (χ0n) is 16.9. The van der Waals surface area contributed by atoms with Gasteiger partial charge in [-0.15, -0.1) is 0 Å². The first-order valence-electron chi connectivity index (χ1n) is 10.6. The van der Waals surface area contributed by atoms with Gasteiger partial charge in [-0.3, -0.25) is 4.79 Å². The van der Waals surface area contributed by atoms with Crippen LogP contribution >= 0.6 is 0 Å². The molecule has 0 aromatic carbocycles. The van der Waals surface area contributed by atoms with Crippen LogP contribution in [0.2, 0.25) is 0 Å². The van der Waals surface area contributed by atoms with E-state index in [0.717, 1.165) is 12.8 Å². The van der Waals surface area contributed by atoms with Crippen LogP contribution in [0.5, 0.6) is 0 Å². The van der Waals surface area contributed by atoms with Crippen molar-refractivity contribution < 1.29 is 29.4 Å². The molecule has 0 aromatic heterocycles. The Morgan fingerprint density at radius 2 is 1.00 bits per heavy atom. The topological polar surface area (TPSA) is 37.3 Å². The Balaban J connectivity index is 0. The first-order chi connectivity index (χ1) is 11.8. The fourth-order valence-electron chi connectivity index (χ4n) is 3.05. The van der Waals surface area contributed by atoms with E-state index in [2.05, 4.69) is 19.1 Å². The van der Waals surface area contributed by atoms with Crippen LogP contribution in [0.3, 0.4) is 0 Å². The molecule has 0 heterocycles. The van der Waals surface area contributed by atoms with Crippen molar-refractivity contribution >= 4 is 5.97 Å². The summed E-state index contributed by atoms with van der Waals surface area (Å²) >= 11 is 0. The molecule has 0 aromatic rings. The minimum atomic E-state index is -0.656. The fraction of sp³-hybridized carbons (Fsp3) is 0.864. The maximum Gasteiger partial charge on any atom is 0.303 e. The van der Waals surface area contributed by atoms with E-state index in [9.17, 15) is 4.79 Å². The SMILES string of the molecule is CCCCCCCCC=CCCCCCCCCCCCC(=O)O.[Zn]. The van der Waals surface area contributed by atoms with Gasteiger partial charge in [-0.25, -0.2) is 0 Å². The van der Waals surface area contributed by atoms with E-state index in [-0.39, 0.29) is 19.5 Å². The second-order valence-electron chi connectivity index (χ2n) is 7.14. The largest absolute Gasteiger partial charge is 0.481 e. The molecular formula is C22H42O2Zn. The minimum absolute atomic E-state index is 0. The summed E-state index contributed by atoms with van der Waals surface area (Å²) in [5.74, 6) is -0.656. The number of carboxylic acids is 1. The van der Waals surface area contributed by atoms with Crippen molar-refractivity contribution in [3.05, 3.63) is 12.2 Å². The van der Waals surface area contributed by atoms with Crippen LogP contribution in [-0.4, -0.2) is 11.1 Å². The molecule has 0 spiro atoms. The van der Waals surface area contributed by atoms with Crippen LogP contribution in [-0.2, 0) is 24.3 Å². The molecule has 0 fully saturated rings. The second kappa shape index (κ2) is 23.8. The van der Waals surface area contributed by atoms with E-state index in [1.165, 1.54) is 96.3 Å². The molecule has 0 amide bonds. The first-order valence-corrected chi connectivity index (χ1v) is 10.6. The molecule has 0 atom stereocenters. The zero-order valence-corrected chi connectivity index (χ0v) is 19.9. The molecule has 0 aliphatic rings. The molecule has 0 radical (unpaired) electrons. The van der Waals surface area contributed by atoms with Crippen LogP contribution < -0.4 is 0 Å². The van der Waals surface area contributed by atoms with Gasteiger partial charge >= 0.3 is 5.97 Å². The molecule has 0 bridgehead atoms. The van der Waals surface area contributed by atoms with Crippen LogP contribution in [0.25, 0.3) is 0 Å². The van der Waals surface area contributed by atoms with Crippen molar-refractivity contribution in [3.63, 3.8) is 0 Å². The number of carbonyl (C=O) groups is 1. The molecule has 2 nitrogen and oxygen atoms in total. The quantitative estimate of drug-likeness (QED) is 0.136. The van der Waals surface area contributed by atoms with Crippen LogP contribution in [0, 0.1) is 0 Å². The van der Waals surface area contributed by atoms with E-state index in [1.54, 1.807) is 0 Å². The number of hydrogen-bond acceptors (Lipinski definition) is 1. The number of carboxylic acid groups (broad SMARTS) is 1. The molecule has 0 saturated heterocycles. The van der Waals surface area contributed by atoms with Crippen molar-refractivity contribution in [3.8, 4) is 0 Å². The number of rotatable bonds is 19. The molecule has 25 heavy (non-hydrogen) atoms. The van der Waals surface area contributed by atoms with Crippen molar-refractivity contribution in [2.75, 3.05) is 0 Å². The molecule has 0 aliphatic carbocycles. The van der Waals surface area contributed by atoms with Gasteiger partial charge in [-0.05, 0) is 32.1 Å². The van der Waals surface area contributed by atoms with Crippen LogP contribution in [0.15, 0.2) is 12.2 Å². The van der Waals surface area contributed by atoms with Gasteiger partial charge in [-0.2, -0.15) is 0 Å². The third kappa shape index (κ3) is 26.2. The van der Waals surface area contributed by atoms with Gasteiger partial charge < -0.3 is 5.11 Å². The summed E-state index contributed by atoms with van der Waals surface area (Å²) in [6.07, 6.45) is 27.1. The maximum atomic E-state index is 10.4. The van der Waals surface area contributed by atoms with Crippen molar-refractivity contribution in [1.29, 1.82) is 0 Å². The monoisotopic (exact) mass is 402 g/mol. The Hall–Kier alpha value is -0.167. The second-order valence-corrected chi connectivity index (χ2v) is 7.14. The minimum Gasteiger partial charge on any atom is -0.481 e. The summed E-state index contributed by atoms with van der Waals surface area (Å²) in [7, 11) is 0. The standard InChI is InChI=1S/C22H42O2.Zn/c1-2-3-4-5-6-7-8-9-10-11-12-13-14-15-16-17-18-19-20-21-22(23)24;/h9-10H,2-8,11-21H2,1H3,(H,23,24);. The predicted octanol–water partition coefficient (Wildman–Crippen LogP) is 7.67. The Bertz CT molecular complexity index is 290. The van der Waals surface area contributed by atoms with E-state index in [0.29, 0.717) is 6.42 Å². The first kappa shape index (κ1) is 27.1. The number of aliphatic carboxylic acids is 1. The van der Waals surface area contributed by atoms with E-state index in [1.807, 2.05) is 0 Å². The maximum absolute atomic E-state index is 10.4. The van der Waals surface area contributed by atoms with E-state index < -0.39 is 5.97 Å². The summed E-state index contributed by atoms with van der Waals surface area (Å²) < 4.78 is 0. The fourth-order valence-corrected chi connectivity index (χ4v) is 3.05. The van der Waals surface area contributed by atoms with Gasteiger partial charge in [0.05, 0.1) is 0 Å². The summed E-state index contributed by atoms with van der Waals surface area (Å²) in [4.78, 5) is 10.4. The zero-order chi connectivity index (χ0) is 17.7. The normalized spacial score (nSPS) is 10.9. The van der Waals surface area contributed by atoms with Crippen LogP contribution in [0.4, 0.5) is 0 Å². The molecule has 0 unspecified atom stereocenters. The summed E-state index contributed by atoms with van der Waals surface area (Å²) in [5.41, 5.74) is 0. The van der Waals surface area contributed by atoms with Crippen molar-refractivity contribution in [1.82, 2.24) is 0 Å². The molecule has 0 aliphatic heterocycles. The Morgan fingerprint density at radius 1 is 0.640 bits per heavy atom. The van der Waals surface area contributed by atoms with Crippen LogP contribution in [0.1, 0.15) is 122 Å². The van der Waals surface area contributed by atoms with Crippen molar-refractivity contribution in [2.45, 2.75) is 122 Å². The Labute approximate surface area is 170 Å². The van der Waals surface area contributed by atoms with Gasteiger partial charge in [0.2, 0.25) is 0 Å². The number of hydrogen-bond donors (Lipinski definition) is 1. The Kier molecular flexibility index (Phi) is 25.8. The van der Waals surface area contributed by atoms with Crippen molar-refractivity contribution in [2.24, 2.45) is 0 Å². The van der Waals surface area contributed by atoms with E-state index >= 15 is 0 Å². The van der Waals surface area contributed by atoms with Gasteiger partial charge in [0.15, 0.2) is 0 Å². The van der Waals surface area contributed by atoms with Gasteiger partial charge in [0.25, 0.3) is 0 Å². The smallest absolute Gasteiger partial charge is 0.303 e. The average molecular weight is 404 g/mol. The summed E-state index contributed by atoms with van der Waals surface area (Å²) in [5, 5.41) is 8.55. The summed E-state index contributed by atoms with van der Waals surface area (Å²) in [6, 6.07) is 0. The molecule has 0 rings (SSSR count). The third-order valence-electron chi connectivity index (χ3n) is 4.65. The predicted molar refractivity (Wildman–Crippen MR) is 106 cm³/mol.